The molecule has 0 bridgehead atoms. The number of ether oxygens (including phenoxy) is 3. The summed E-state index contributed by atoms with van der Waals surface area (Å²) in [6, 6.07) is 0. The van der Waals surface area contributed by atoms with E-state index in [9.17, 15) is 19.2 Å². The van der Waals surface area contributed by atoms with E-state index in [-0.39, 0.29) is 59.6 Å². The number of methoxy groups -OCH3 is 1. The van der Waals surface area contributed by atoms with Crippen LogP contribution in [0, 0.1) is 46.3 Å². The standard InChI is InChI=1S/C28H42O7/c1-6-34-26(32)35-18-11-12-27(3)17(13-18)14-22(29)25-20-9-8-19(16(2)7-10-24(31)33-5)28(20,4)23(30)15-21(25)27/h16-21,25H,6-15H2,1-5H3/t16-,17+,18-,19+,20+,21+,25+,27-,28-/m1/s1. The zero-order valence-corrected chi connectivity index (χ0v) is 22.0. The molecular formula is C28H42O7. The maximum atomic E-state index is 13.9. The van der Waals surface area contributed by atoms with Gasteiger partial charge in [-0.05, 0) is 80.5 Å². The number of rotatable bonds is 6. The maximum Gasteiger partial charge on any atom is 0.508 e. The lowest BCUT2D eigenvalue weighted by molar-refractivity contribution is -0.169. The SMILES string of the molecule is CCOC(=O)O[C@@H]1CC[C@]2(C)[C@H](CC(=O)[C@@H]3[C@@H]2CC(=O)[C@@]2(C)[C@H]3CC[C@H]2[C@H](C)CCC(=O)OC)C1. The zero-order valence-electron chi connectivity index (χ0n) is 22.0. The van der Waals surface area contributed by atoms with Gasteiger partial charge in [-0.25, -0.2) is 4.79 Å². The van der Waals surface area contributed by atoms with Gasteiger partial charge in [-0.2, -0.15) is 0 Å². The monoisotopic (exact) mass is 490 g/mol. The summed E-state index contributed by atoms with van der Waals surface area (Å²) in [4.78, 5) is 51.1. The smallest absolute Gasteiger partial charge is 0.469 e. The quantitative estimate of drug-likeness (QED) is 0.476. The molecule has 0 unspecified atom stereocenters. The normalized spacial score (nSPS) is 41.3. The molecule has 35 heavy (non-hydrogen) atoms. The van der Waals surface area contributed by atoms with E-state index >= 15 is 0 Å². The van der Waals surface area contributed by atoms with Crippen molar-refractivity contribution in [3.8, 4) is 0 Å². The van der Waals surface area contributed by atoms with E-state index in [0.29, 0.717) is 43.7 Å². The Morgan fingerprint density at radius 2 is 1.83 bits per heavy atom. The lowest BCUT2D eigenvalue weighted by atomic mass is 9.43. The van der Waals surface area contributed by atoms with E-state index in [1.807, 2.05) is 0 Å². The zero-order chi connectivity index (χ0) is 25.5. The van der Waals surface area contributed by atoms with Crippen LogP contribution < -0.4 is 0 Å². The topological polar surface area (TPSA) is 96.0 Å². The van der Waals surface area contributed by atoms with E-state index in [1.165, 1.54) is 7.11 Å². The van der Waals surface area contributed by atoms with Crippen LogP contribution >= 0.6 is 0 Å². The molecule has 4 rings (SSSR count). The molecule has 9 atom stereocenters. The third-order valence-electron chi connectivity index (χ3n) is 10.6. The highest BCUT2D eigenvalue weighted by Crippen LogP contribution is 2.66. The average Bonchev–Trinajstić information content (AvgIpc) is 3.17. The van der Waals surface area contributed by atoms with Crippen LogP contribution in [0.4, 0.5) is 4.79 Å². The third kappa shape index (κ3) is 4.42. The summed E-state index contributed by atoms with van der Waals surface area (Å²) in [6.07, 6.45) is 5.25. The number of carbonyl (C=O) groups is 4. The van der Waals surface area contributed by atoms with E-state index in [4.69, 9.17) is 14.2 Å². The first-order chi connectivity index (χ1) is 16.6. The molecule has 0 N–H and O–H groups in total. The summed E-state index contributed by atoms with van der Waals surface area (Å²) in [5.41, 5.74) is -0.599. The van der Waals surface area contributed by atoms with Crippen molar-refractivity contribution in [2.75, 3.05) is 13.7 Å². The van der Waals surface area contributed by atoms with Crippen LogP contribution in [0.5, 0.6) is 0 Å². The van der Waals surface area contributed by atoms with Gasteiger partial charge in [0, 0.05) is 30.6 Å². The number of Topliss-reactive ketones (excluding diaryl/α,β-unsaturated/α-hetero) is 2. The summed E-state index contributed by atoms with van der Waals surface area (Å²) in [7, 11) is 1.41. The van der Waals surface area contributed by atoms with Crippen LogP contribution in [-0.4, -0.2) is 43.5 Å². The molecule has 4 saturated carbocycles. The predicted molar refractivity (Wildman–Crippen MR) is 128 cm³/mol. The van der Waals surface area contributed by atoms with E-state index < -0.39 is 11.6 Å². The van der Waals surface area contributed by atoms with Crippen molar-refractivity contribution in [3.05, 3.63) is 0 Å². The Bertz CT molecular complexity index is 867. The van der Waals surface area contributed by atoms with E-state index in [1.54, 1.807) is 6.92 Å². The van der Waals surface area contributed by atoms with Crippen LogP contribution in [0.3, 0.4) is 0 Å². The molecule has 0 aromatic carbocycles. The first kappa shape index (κ1) is 26.2. The van der Waals surface area contributed by atoms with Crippen molar-refractivity contribution in [2.45, 2.75) is 91.6 Å². The lowest BCUT2D eigenvalue weighted by Gasteiger charge is -2.59. The third-order valence-corrected chi connectivity index (χ3v) is 10.6. The van der Waals surface area contributed by atoms with Gasteiger partial charge in [0.2, 0.25) is 0 Å². The molecule has 0 heterocycles. The van der Waals surface area contributed by atoms with Crippen molar-refractivity contribution in [1.82, 2.24) is 0 Å². The van der Waals surface area contributed by atoms with Crippen LogP contribution in [0.25, 0.3) is 0 Å². The molecule has 0 saturated heterocycles. The predicted octanol–water partition coefficient (Wildman–Crippen LogP) is 5.13. The Hall–Kier alpha value is -1.92. The number of hydrogen-bond acceptors (Lipinski definition) is 7. The van der Waals surface area contributed by atoms with Crippen LogP contribution in [0.15, 0.2) is 0 Å². The van der Waals surface area contributed by atoms with Crippen LogP contribution in [0.2, 0.25) is 0 Å². The summed E-state index contributed by atoms with van der Waals surface area (Å²) in [5, 5.41) is 0. The molecule has 4 fully saturated rings. The fourth-order valence-electron chi connectivity index (χ4n) is 8.60. The highest BCUT2D eigenvalue weighted by atomic mass is 16.7. The van der Waals surface area contributed by atoms with E-state index in [0.717, 1.165) is 25.7 Å². The Kier molecular flexibility index (Phi) is 7.36. The second-order valence-corrected chi connectivity index (χ2v) is 12.0. The minimum atomic E-state index is -0.636. The first-order valence-electron chi connectivity index (χ1n) is 13.5. The molecule has 7 nitrogen and oxygen atoms in total. The van der Waals surface area contributed by atoms with Gasteiger partial charge in [0.05, 0.1) is 13.7 Å². The molecule has 0 aromatic heterocycles. The number of hydrogen-bond donors (Lipinski definition) is 0. The molecule has 0 amide bonds. The van der Waals surface area contributed by atoms with Gasteiger partial charge in [0.15, 0.2) is 0 Å². The van der Waals surface area contributed by atoms with Gasteiger partial charge in [0.25, 0.3) is 0 Å². The first-order valence-corrected chi connectivity index (χ1v) is 13.5. The summed E-state index contributed by atoms with van der Waals surface area (Å²) >= 11 is 0. The molecule has 0 spiro atoms. The molecule has 7 heteroatoms. The van der Waals surface area contributed by atoms with Crippen molar-refractivity contribution in [3.63, 3.8) is 0 Å². The highest BCUT2D eigenvalue weighted by molar-refractivity contribution is 5.92. The molecule has 4 aliphatic carbocycles. The second-order valence-electron chi connectivity index (χ2n) is 12.0. The molecule has 0 aliphatic heterocycles. The molecular weight excluding hydrogens is 448 g/mol. The fraction of sp³-hybridized carbons (Fsp3) is 0.857. The molecule has 196 valence electrons. The average molecular weight is 491 g/mol. The summed E-state index contributed by atoms with van der Waals surface area (Å²) < 4.78 is 15.3. The fourth-order valence-corrected chi connectivity index (χ4v) is 8.60. The molecule has 4 aliphatic rings. The minimum Gasteiger partial charge on any atom is -0.469 e. The van der Waals surface area contributed by atoms with Gasteiger partial charge in [0.1, 0.15) is 17.7 Å². The van der Waals surface area contributed by atoms with E-state index in [2.05, 4.69) is 20.8 Å². The second kappa shape index (κ2) is 9.85. The largest absolute Gasteiger partial charge is 0.508 e. The van der Waals surface area contributed by atoms with Gasteiger partial charge in [-0.15, -0.1) is 0 Å². The van der Waals surface area contributed by atoms with Crippen LogP contribution in [-0.2, 0) is 28.6 Å². The lowest BCUT2D eigenvalue weighted by Crippen LogP contribution is -2.60. The van der Waals surface area contributed by atoms with Crippen molar-refractivity contribution in [1.29, 1.82) is 0 Å². The Balaban J connectivity index is 1.52. The summed E-state index contributed by atoms with van der Waals surface area (Å²) in [6.45, 7) is 8.55. The number of esters is 1. The van der Waals surface area contributed by atoms with Crippen molar-refractivity contribution >= 4 is 23.7 Å². The molecule has 0 aromatic rings. The van der Waals surface area contributed by atoms with Gasteiger partial charge in [-0.1, -0.05) is 20.8 Å². The Morgan fingerprint density at radius 3 is 2.51 bits per heavy atom. The highest BCUT2D eigenvalue weighted by Gasteiger charge is 2.66. The number of fused-ring (bicyclic) bond motifs is 5. The van der Waals surface area contributed by atoms with Gasteiger partial charge < -0.3 is 14.2 Å². The Labute approximate surface area is 209 Å². The van der Waals surface area contributed by atoms with Gasteiger partial charge in [-0.3, -0.25) is 14.4 Å². The molecule has 0 radical (unpaired) electrons. The summed E-state index contributed by atoms with van der Waals surface area (Å²) in [5.74, 6) is 0.994. The Morgan fingerprint density at radius 1 is 1.09 bits per heavy atom. The van der Waals surface area contributed by atoms with Crippen molar-refractivity contribution in [2.24, 2.45) is 46.3 Å². The van der Waals surface area contributed by atoms with Gasteiger partial charge >= 0.3 is 12.1 Å². The minimum absolute atomic E-state index is 0.0620. The number of carbonyl (C=O) groups excluding carboxylic acids is 4. The maximum absolute atomic E-state index is 13.9. The number of ketones is 2. The van der Waals surface area contributed by atoms with Crippen molar-refractivity contribution < 1.29 is 33.4 Å². The van der Waals surface area contributed by atoms with Crippen LogP contribution in [0.1, 0.15) is 85.5 Å².